The van der Waals surface area contributed by atoms with Gasteiger partial charge in [-0.25, -0.2) is 4.79 Å². The summed E-state index contributed by atoms with van der Waals surface area (Å²) in [4.78, 5) is 26.7. The van der Waals surface area contributed by atoms with Crippen LogP contribution in [0.5, 0.6) is 0 Å². The van der Waals surface area contributed by atoms with Gasteiger partial charge in [-0.2, -0.15) is 0 Å². The molecule has 5 nitrogen and oxygen atoms in total. The van der Waals surface area contributed by atoms with Gasteiger partial charge in [-0.15, -0.1) is 0 Å². The lowest BCUT2D eigenvalue weighted by Gasteiger charge is -2.28. The lowest BCUT2D eigenvalue weighted by molar-refractivity contribution is -0.125. The fraction of sp³-hybridized carbons (Fsp3) is 0.556. The molecule has 1 aliphatic heterocycles. The maximum atomic E-state index is 12.6. The molecular weight excluding hydrogens is 326 g/mol. The van der Waals surface area contributed by atoms with E-state index in [4.69, 9.17) is 11.6 Å². The number of rotatable bonds is 3. The number of anilines is 1. The zero-order chi connectivity index (χ0) is 16.9. The molecule has 3 rings (SSSR count). The monoisotopic (exact) mass is 349 g/mol. The van der Waals surface area contributed by atoms with Crippen LogP contribution in [0.2, 0.25) is 5.02 Å². The second-order valence-corrected chi connectivity index (χ2v) is 7.07. The number of carbonyl (C=O) groups is 2. The number of likely N-dealkylation sites (tertiary alicyclic amines) is 1. The van der Waals surface area contributed by atoms with Gasteiger partial charge in [0.15, 0.2) is 0 Å². The summed E-state index contributed by atoms with van der Waals surface area (Å²) in [5.74, 6) is -0.0133. The summed E-state index contributed by atoms with van der Waals surface area (Å²) in [6, 6.07) is 6.70. The Balaban J connectivity index is 1.59. The van der Waals surface area contributed by atoms with Crippen LogP contribution in [-0.4, -0.2) is 35.5 Å². The molecule has 1 aromatic carbocycles. The van der Waals surface area contributed by atoms with Crippen molar-refractivity contribution in [2.45, 2.75) is 57.0 Å². The summed E-state index contributed by atoms with van der Waals surface area (Å²) in [6.07, 6.45) is 7.28. The molecule has 1 saturated heterocycles. The zero-order valence-corrected chi connectivity index (χ0v) is 14.5. The van der Waals surface area contributed by atoms with E-state index in [-0.39, 0.29) is 24.0 Å². The number of carbonyl (C=O) groups excluding carboxylic acids is 2. The molecule has 0 unspecified atom stereocenters. The standard InChI is InChI=1S/C18H24ClN3O2/c19-13-6-4-9-15(12-13)21-18(24)22-11-5-10-16(22)17(23)20-14-7-2-1-3-8-14/h4,6,9,12,14,16H,1-3,5,7-8,10-11H2,(H,20,23)(H,21,24)/t16-/m1/s1. The van der Waals surface area contributed by atoms with Crippen LogP contribution < -0.4 is 10.6 Å². The summed E-state index contributed by atoms with van der Waals surface area (Å²) < 4.78 is 0. The van der Waals surface area contributed by atoms with Crippen LogP contribution in [0, 0.1) is 0 Å². The quantitative estimate of drug-likeness (QED) is 0.872. The molecule has 2 N–H and O–H groups in total. The molecule has 0 aromatic heterocycles. The molecule has 0 bridgehead atoms. The summed E-state index contributed by atoms with van der Waals surface area (Å²) >= 11 is 5.95. The van der Waals surface area contributed by atoms with Crippen molar-refractivity contribution in [1.82, 2.24) is 10.2 Å². The molecule has 1 aromatic rings. The fourth-order valence-electron chi connectivity index (χ4n) is 3.59. The predicted molar refractivity (Wildman–Crippen MR) is 95.2 cm³/mol. The van der Waals surface area contributed by atoms with E-state index in [1.807, 2.05) is 0 Å². The van der Waals surface area contributed by atoms with E-state index in [2.05, 4.69) is 10.6 Å². The van der Waals surface area contributed by atoms with Gasteiger partial charge in [0, 0.05) is 23.3 Å². The van der Waals surface area contributed by atoms with Crippen molar-refractivity contribution in [3.8, 4) is 0 Å². The topological polar surface area (TPSA) is 61.4 Å². The normalized spacial score (nSPS) is 21.5. The molecule has 1 aliphatic carbocycles. The Morgan fingerprint density at radius 3 is 2.62 bits per heavy atom. The van der Waals surface area contributed by atoms with Crippen molar-refractivity contribution in [1.29, 1.82) is 0 Å². The van der Waals surface area contributed by atoms with Crippen molar-refractivity contribution in [3.63, 3.8) is 0 Å². The van der Waals surface area contributed by atoms with Gasteiger partial charge in [0.05, 0.1) is 0 Å². The SMILES string of the molecule is O=C(NC1CCCCC1)[C@H]1CCCN1C(=O)Nc1cccc(Cl)c1. The largest absolute Gasteiger partial charge is 0.352 e. The van der Waals surface area contributed by atoms with Crippen LogP contribution in [0.25, 0.3) is 0 Å². The number of urea groups is 1. The van der Waals surface area contributed by atoms with Crippen LogP contribution in [0.15, 0.2) is 24.3 Å². The highest BCUT2D eigenvalue weighted by molar-refractivity contribution is 6.30. The first-order valence-electron chi connectivity index (χ1n) is 8.77. The fourth-order valence-corrected chi connectivity index (χ4v) is 3.78. The van der Waals surface area contributed by atoms with E-state index in [1.54, 1.807) is 29.2 Å². The first-order valence-corrected chi connectivity index (χ1v) is 9.15. The molecule has 1 atom stereocenters. The molecule has 0 spiro atoms. The number of nitrogens with one attached hydrogen (secondary N) is 2. The van der Waals surface area contributed by atoms with Crippen LogP contribution in [0.4, 0.5) is 10.5 Å². The van der Waals surface area contributed by atoms with Gasteiger partial charge in [0.25, 0.3) is 0 Å². The van der Waals surface area contributed by atoms with E-state index >= 15 is 0 Å². The van der Waals surface area contributed by atoms with Gasteiger partial charge in [-0.1, -0.05) is 36.9 Å². The third-order valence-corrected chi connectivity index (χ3v) is 5.08. The predicted octanol–water partition coefficient (Wildman–Crippen LogP) is 3.79. The van der Waals surface area contributed by atoms with Crippen molar-refractivity contribution in [3.05, 3.63) is 29.3 Å². The van der Waals surface area contributed by atoms with Crippen molar-refractivity contribution in [2.24, 2.45) is 0 Å². The van der Waals surface area contributed by atoms with Crippen LogP contribution in [-0.2, 0) is 4.79 Å². The number of nitrogens with zero attached hydrogens (tertiary/aromatic N) is 1. The van der Waals surface area contributed by atoms with Crippen molar-refractivity contribution >= 4 is 29.2 Å². The summed E-state index contributed by atoms with van der Waals surface area (Å²) in [5.41, 5.74) is 0.644. The Kier molecular flexibility index (Phi) is 5.61. The third-order valence-electron chi connectivity index (χ3n) is 4.84. The molecule has 2 aliphatic rings. The molecule has 3 amide bonds. The van der Waals surface area contributed by atoms with E-state index in [0.29, 0.717) is 17.3 Å². The van der Waals surface area contributed by atoms with Crippen LogP contribution in [0.1, 0.15) is 44.9 Å². The lowest BCUT2D eigenvalue weighted by Crippen LogP contribution is -2.50. The first kappa shape index (κ1) is 17.1. The van der Waals surface area contributed by atoms with Gasteiger partial charge in [-0.3, -0.25) is 4.79 Å². The minimum atomic E-state index is -0.369. The minimum Gasteiger partial charge on any atom is -0.352 e. The molecular formula is C18H24ClN3O2. The average molecular weight is 350 g/mol. The molecule has 1 heterocycles. The number of hydrogen-bond donors (Lipinski definition) is 2. The molecule has 24 heavy (non-hydrogen) atoms. The second kappa shape index (κ2) is 7.88. The van der Waals surface area contributed by atoms with Gasteiger partial charge < -0.3 is 15.5 Å². The second-order valence-electron chi connectivity index (χ2n) is 6.64. The highest BCUT2D eigenvalue weighted by Crippen LogP contribution is 2.22. The van der Waals surface area contributed by atoms with E-state index < -0.39 is 0 Å². The summed E-state index contributed by atoms with van der Waals surface area (Å²) in [7, 11) is 0. The summed E-state index contributed by atoms with van der Waals surface area (Å²) in [6.45, 7) is 0.606. The van der Waals surface area contributed by atoms with Gasteiger partial charge >= 0.3 is 6.03 Å². The Bertz CT molecular complexity index is 602. The minimum absolute atomic E-state index is 0.0133. The maximum absolute atomic E-state index is 12.6. The molecule has 130 valence electrons. The zero-order valence-electron chi connectivity index (χ0n) is 13.8. The highest BCUT2D eigenvalue weighted by Gasteiger charge is 2.35. The third kappa shape index (κ3) is 4.20. The Labute approximate surface area is 147 Å². The molecule has 6 heteroatoms. The maximum Gasteiger partial charge on any atom is 0.322 e. The number of halogens is 1. The average Bonchev–Trinajstić information content (AvgIpc) is 3.06. The van der Waals surface area contributed by atoms with Crippen molar-refractivity contribution in [2.75, 3.05) is 11.9 Å². The van der Waals surface area contributed by atoms with Gasteiger partial charge in [0.2, 0.25) is 5.91 Å². The lowest BCUT2D eigenvalue weighted by atomic mass is 9.95. The number of benzene rings is 1. The highest BCUT2D eigenvalue weighted by atomic mass is 35.5. The van der Waals surface area contributed by atoms with Crippen LogP contribution in [0.3, 0.4) is 0 Å². The Hall–Kier alpha value is -1.75. The first-order chi connectivity index (χ1) is 11.6. The van der Waals surface area contributed by atoms with E-state index in [9.17, 15) is 9.59 Å². The molecule has 0 radical (unpaired) electrons. The van der Waals surface area contributed by atoms with E-state index in [0.717, 1.165) is 25.7 Å². The van der Waals surface area contributed by atoms with Gasteiger partial charge in [0.1, 0.15) is 6.04 Å². The number of hydrogen-bond acceptors (Lipinski definition) is 2. The van der Waals surface area contributed by atoms with Gasteiger partial charge in [-0.05, 0) is 43.9 Å². The van der Waals surface area contributed by atoms with Crippen LogP contribution >= 0.6 is 11.6 Å². The Morgan fingerprint density at radius 2 is 1.88 bits per heavy atom. The smallest absolute Gasteiger partial charge is 0.322 e. The van der Waals surface area contributed by atoms with E-state index in [1.165, 1.54) is 19.3 Å². The summed E-state index contributed by atoms with van der Waals surface area (Å²) in [5, 5.41) is 6.54. The Morgan fingerprint density at radius 1 is 1.08 bits per heavy atom. The molecule has 1 saturated carbocycles. The molecule has 2 fully saturated rings. The number of amides is 3. The van der Waals surface area contributed by atoms with Crippen molar-refractivity contribution < 1.29 is 9.59 Å².